The Hall–Kier alpha value is -2.64. The number of fused-ring (bicyclic) bond motifs is 1. The van der Waals surface area contributed by atoms with Crippen molar-refractivity contribution >= 4 is 34.6 Å². The molecule has 30 heavy (non-hydrogen) atoms. The van der Waals surface area contributed by atoms with Crippen LogP contribution < -0.4 is 10.6 Å². The van der Waals surface area contributed by atoms with Crippen LogP contribution in [0.1, 0.15) is 42.5 Å². The maximum atomic E-state index is 14.5. The largest absolute Gasteiger partial charge is 0.377 e. The third-order valence-corrected chi connectivity index (χ3v) is 5.21. The van der Waals surface area contributed by atoms with Crippen LogP contribution in [0.2, 0.25) is 0 Å². The van der Waals surface area contributed by atoms with Crippen LogP contribution in [0.3, 0.4) is 0 Å². The molecule has 1 aliphatic heterocycles. The van der Waals surface area contributed by atoms with Crippen LogP contribution in [-0.2, 0) is 0 Å². The van der Waals surface area contributed by atoms with E-state index in [1.807, 2.05) is 18.2 Å². The van der Waals surface area contributed by atoms with E-state index < -0.39 is 23.8 Å². The molecule has 0 aliphatic carbocycles. The van der Waals surface area contributed by atoms with Gasteiger partial charge in [-0.05, 0) is 43.2 Å². The first-order chi connectivity index (χ1) is 14.0. The van der Waals surface area contributed by atoms with Crippen molar-refractivity contribution in [3.8, 4) is 0 Å². The summed E-state index contributed by atoms with van der Waals surface area (Å²) in [6.45, 7) is 3.50. The molecule has 1 atom stereocenters. The van der Waals surface area contributed by atoms with E-state index in [2.05, 4.69) is 26.9 Å². The zero-order valence-electron chi connectivity index (χ0n) is 16.3. The number of rotatable bonds is 5. The molecule has 2 heterocycles. The molecule has 0 saturated carbocycles. The van der Waals surface area contributed by atoms with Crippen LogP contribution >= 0.6 is 12.4 Å². The lowest BCUT2D eigenvalue weighted by atomic mass is 9.98. The van der Waals surface area contributed by atoms with Gasteiger partial charge in [0.1, 0.15) is 5.82 Å². The van der Waals surface area contributed by atoms with Crippen LogP contribution in [0.4, 0.5) is 18.9 Å². The number of halogens is 4. The van der Waals surface area contributed by atoms with Gasteiger partial charge >= 0.3 is 0 Å². The van der Waals surface area contributed by atoms with Crippen LogP contribution in [0.15, 0.2) is 48.7 Å². The van der Waals surface area contributed by atoms with Gasteiger partial charge in [0.15, 0.2) is 0 Å². The molecule has 158 valence electrons. The van der Waals surface area contributed by atoms with Crippen LogP contribution in [-0.4, -0.2) is 23.3 Å². The maximum absolute atomic E-state index is 14.5. The fourth-order valence-corrected chi connectivity index (χ4v) is 3.64. The highest BCUT2D eigenvalue weighted by molar-refractivity contribution is 5.93. The summed E-state index contributed by atoms with van der Waals surface area (Å²) in [5, 5.41) is 15.6. The van der Waals surface area contributed by atoms with Gasteiger partial charge in [-0.3, -0.25) is 0 Å². The zero-order valence-corrected chi connectivity index (χ0v) is 17.1. The average Bonchev–Trinajstić information content (AvgIpc) is 2.74. The molecule has 0 spiro atoms. The first-order valence-electron chi connectivity index (χ1n) is 9.53. The number of anilines is 1. The molecule has 0 fully saturated rings. The minimum Gasteiger partial charge on any atom is -0.377 e. The molecule has 0 radical (unpaired) electrons. The number of nitrogens with zero attached hydrogens (tertiary/aromatic N) is 2. The average molecular weight is 435 g/mol. The molecule has 0 bridgehead atoms. The van der Waals surface area contributed by atoms with E-state index in [0.717, 1.165) is 36.5 Å². The summed E-state index contributed by atoms with van der Waals surface area (Å²) in [6.07, 6.45) is 1.83. The van der Waals surface area contributed by atoms with Crippen molar-refractivity contribution < 1.29 is 13.2 Å². The van der Waals surface area contributed by atoms with Gasteiger partial charge in [0.05, 0.1) is 29.0 Å². The fourth-order valence-electron chi connectivity index (χ4n) is 3.64. The molecule has 2 aromatic carbocycles. The Bertz CT molecular complexity index is 1070. The highest BCUT2D eigenvalue weighted by Crippen LogP contribution is 2.32. The number of alkyl halides is 2. The monoisotopic (exact) mass is 434 g/mol. The lowest BCUT2D eigenvalue weighted by Crippen LogP contribution is -2.20. The van der Waals surface area contributed by atoms with Gasteiger partial charge in [-0.2, -0.15) is 10.2 Å². The Balaban J connectivity index is 0.00000256. The summed E-state index contributed by atoms with van der Waals surface area (Å²) in [5.74, 6) is -0.880. The second-order valence-electron chi connectivity index (χ2n) is 7.09. The predicted octanol–water partition coefficient (Wildman–Crippen LogP) is 5.68. The van der Waals surface area contributed by atoms with E-state index in [9.17, 15) is 13.2 Å². The van der Waals surface area contributed by atoms with Crippen molar-refractivity contribution in [3.63, 3.8) is 0 Å². The number of nitrogens with one attached hydrogen (secondary N) is 2. The number of hydrogen-bond donors (Lipinski definition) is 2. The normalized spacial score (nSPS) is 14.9. The van der Waals surface area contributed by atoms with Crippen molar-refractivity contribution in [1.82, 2.24) is 15.5 Å². The topological polar surface area (TPSA) is 49.8 Å². The molecule has 1 aromatic heterocycles. The summed E-state index contributed by atoms with van der Waals surface area (Å²) in [5.41, 5.74) is 3.35. The van der Waals surface area contributed by atoms with E-state index >= 15 is 0 Å². The van der Waals surface area contributed by atoms with Crippen molar-refractivity contribution in [2.45, 2.75) is 25.8 Å². The van der Waals surface area contributed by atoms with E-state index in [-0.39, 0.29) is 18.0 Å². The minimum absolute atomic E-state index is 0. The molecule has 3 aromatic rings. The minimum atomic E-state index is -2.86. The van der Waals surface area contributed by atoms with Gasteiger partial charge in [-0.15, -0.1) is 12.4 Å². The SMILES string of the molecule is C[C@@H](Nc1cnnc2ccc(C3=CCNCC3)cc12)c1cccc(C(F)F)c1F.Cl. The third-order valence-electron chi connectivity index (χ3n) is 5.21. The van der Waals surface area contributed by atoms with Gasteiger partial charge in [0, 0.05) is 17.5 Å². The Morgan fingerprint density at radius 1 is 1.13 bits per heavy atom. The van der Waals surface area contributed by atoms with Gasteiger partial charge in [-0.25, -0.2) is 13.2 Å². The number of benzene rings is 2. The summed E-state index contributed by atoms with van der Waals surface area (Å²) >= 11 is 0. The molecular weight excluding hydrogens is 413 g/mol. The molecule has 0 unspecified atom stereocenters. The van der Waals surface area contributed by atoms with E-state index in [1.165, 1.54) is 17.7 Å². The Morgan fingerprint density at radius 2 is 1.93 bits per heavy atom. The van der Waals surface area contributed by atoms with Crippen LogP contribution in [0.25, 0.3) is 16.5 Å². The third kappa shape index (κ3) is 4.42. The number of hydrogen-bond acceptors (Lipinski definition) is 4. The summed E-state index contributed by atoms with van der Waals surface area (Å²) in [4.78, 5) is 0. The molecular formula is C22H22ClF3N4. The summed E-state index contributed by atoms with van der Waals surface area (Å²) < 4.78 is 40.6. The van der Waals surface area contributed by atoms with E-state index in [1.54, 1.807) is 13.1 Å². The summed E-state index contributed by atoms with van der Waals surface area (Å²) in [7, 11) is 0. The van der Waals surface area contributed by atoms with E-state index in [4.69, 9.17) is 0 Å². The second kappa shape index (κ2) is 9.45. The lowest BCUT2D eigenvalue weighted by molar-refractivity contribution is 0.146. The standard InChI is InChI=1S/C22H21F3N4.ClH/c1-13(16-3-2-4-17(21(16)23)22(24)25)28-20-12-27-29-19-6-5-15(11-18(19)20)14-7-9-26-10-8-14;/h2-7,11-13,22,26H,8-10H2,1H3,(H,28,29);1H/t13-;/m1./s1. The first kappa shape index (κ1) is 22.1. The lowest BCUT2D eigenvalue weighted by Gasteiger charge is -2.19. The van der Waals surface area contributed by atoms with Crippen molar-refractivity contribution in [2.75, 3.05) is 18.4 Å². The Kier molecular flexibility index (Phi) is 6.95. The summed E-state index contributed by atoms with van der Waals surface area (Å²) in [6, 6.07) is 9.52. The van der Waals surface area contributed by atoms with Crippen molar-refractivity contribution in [1.29, 1.82) is 0 Å². The van der Waals surface area contributed by atoms with Crippen LogP contribution in [0, 0.1) is 5.82 Å². The first-order valence-corrected chi connectivity index (χ1v) is 9.53. The van der Waals surface area contributed by atoms with Gasteiger partial charge < -0.3 is 10.6 Å². The molecule has 2 N–H and O–H groups in total. The van der Waals surface area contributed by atoms with Gasteiger partial charge in [-0.1, -0.05) is 30.3 Å². The quantitative estimate of drug-likeness (QED) is 0.542. The van der Waals surface area contributed by atoms with Gasteiger partial charge in [0.2, 0.25) is 0 Å². The molecule has 4 nitrogen and oxygen atoms in total. The molecule has 8 heteroatoms. The highest BCUT2D eigenvalue weighted by atomic mass is 35.5. The molecule has 4 rings (SSSR count). The van der Waals surface area contributed by atoms with Crippen molar-refractivity contribution in [2.24, 2.45) is 0 Å². The van der Waals surface area contributed by atoms with Crippen molar-refractivity contribution in [3.05, 3.63) is 71.2 Å². The molecule has 0 amide bonds. The van der Waals surface area contributed by atoms with Gasteiger partial charge in [0.25, 0.3) is 6.43 Å². The number of aromatic nitrogens is 2. The molecule has 0 saturated heterocycles. The Morgan fingerprint density at radius 3 is 2.67 bits per heavy atom. The highest BCUT2D eigenvalue weighted by Gasteiger charge is 2.20. The smallest absolute Gasteiger partial charge is 0.266 e. The van der Waals surface area contributed by atoms with E-state index in [0.29, 0.717) is 11.2 Å². The predicted molar refractivity (Wildman–Crippen MR) is 116 cm³/mol. The zero-order chi connectivity index (χ0) is 20.4. The second-order valence-corrected chi connectivity index (χ2v) is 7.09. The maximum Gasteiger partial charge on any atom is 0.266 e. The Labute approximate surface area is 179 Å². The molecule has 1 aliphatic rings. The van der Waals surface area contributed by atoms with Crippen LogP contribution in [0.5, 0.6) is 0 Å². The fraction of sp³-hybridized carbons (Fsp3) is 0.273.